The summed E-state index contributed by atoms with van der Waals surface area (Å²) in [4.78, 5) is 10.9. The highest BCUT2D eigenvalue weighted by Gasteiger charge is 2.23. The lowest BCUT2D eigenvalue weighted by Gasteiger charge is -2.08. The van der Waals surface area contributed by atoms with Crippen LogP contribution in [-0.4, -0.2) is 22.4 Å². The van der Waals surface area contributed by atoms with Crippen LogP contribution in [-0.2, 0) is 4.74 Å². The maximum atomic E-state index is 10.9. The summed E-state index contributed by atoms with van der Waals surface area (Å²) in [6, 6.07) is 9.67. The zero-order chi connectivity index (χ0) is 11.7. The van der Waals surface area contributed by atoms with Crippen LogP contribution < -0.4 is 5.32 Å². The molecule has 86 valence electrons. The molecule has 1 atom stereocenters. The van der Waals surface area contributed by atoms with E-state index in [9.17, 15) is 4.79 Å². The lowest BCUT2D eigenvalue weighted by Crippen LogP contribution is -2.12. The first-order valence-corrected chi connectivity index (χ1v) is 5.37. The van der Waals surface area contributed by atoms with Crippen LogP contribution in [0.5, 0.6) is 0 Å². The van der Waals surface area contributed by atoms with Crippen molar-refractivity contribution < 1.29 is 9.53 Å². The summed E-state index contributed by atoms with van der Waals surface area (Å²) in [5.41, 5.74) is 1.97. The lowest BCUT2D eigenvalue weighted by molar-refractivity contribution is 0.141. The van der Waals surface area contributed by atoms with E-state index in [1.165, 1.54) is 0 Å². The number of aromatic nitrogens is 2. The van der Waals surface area contributed by atoms with Crippen LogP contribution in [0, 0.1) is 0 Å². The van der Waals surface area contributed by atoms with Crippen molar-refractivity contribution >= 4 is 6.09 Å². The quantitative estimate of drug-likeness (QED) is 0.851. The van der Waals surface area contributed by atoms with Gasteiger partial charge in [-0.05, 0) is 23.8 Å². The highest BCUT2D eigenvalue weighted by Crippen LogP contribution is 2.21. The van der Waals surface area contributed by atoms with Crippen molar-refractivity contribution in [3.05, 3.63) is 48.3 Å². The second kappa shape index (κ2) is 3.93. The highest BCUT2D eigenvalue weighted by molar-refractivity contribution is 5.69. The number of amides is 1. The average Bonchev–Trinajstić information content (AvgIpc) is 3.00. The number of hydrogen-bond donors (Lipinski definition) is 1. The Kier molecular flexibility index (Phi) is 2.29. The van der Waals surface area contributed by atoms with Crippen molar-refractivity contribution in [1.82, 2.24) is 15.1 Å². The number of alkyl carbamates (subject to hydrolysis) is 1. The molecule has 0 aliphatic carbocycles. The van der Waals surface area contributed by atoms with Crippen molar-refractivity contribution in [1.29, 1.82) is 0 Å². The Morgan fingerprint density at radius 2 is 2.18 bits per heavy atom. The van der Waals surface area contributed by atoms with E-state index >= 15 is 0 Å². The molecule has 0 spiro atoms. The number of nitrogens with zero attached hydrogens (tertiary/aromatic N) is 2. The predicted octanol–water partition coefficient (Wildman–Crippen LogP) is 1.65. The Hall–Kier alpha value is -2.30. The summed E-state index contributed by atoms with van der Waals surface area (Å²) in [6.45, 7) is 0.528. The van der Waals surface area contributed by atoms with Crippen LogP contribution >= 0.6 is 0 Å². The first-order valence-electron chi connectivity index (χ1n) is 5.37. The Labute approximate surface area is 98.0 Å². The molecule has 1 aromatic carbocycles. The first kappa shape index (κ1) is 9.89. The van der Waals surface area contributed by atoms with Crippen LogP contribution in [0.2, 0.25) is 0 Å². The fourth-order valence-electron chi connectivity index (χ4n) is 1.84. The first-order chi connectivity index (χ1) is 8.33. The van der Waals surface area contributed by atoms with Gasteiger partial charge >= 0.3 is 6.09 Å². The molecule has 0 radical (unpaired) electrons. The largest absolute Gasteiger partial charge is 0.439 e. The standard InChI is InChI=1S/C12H11N3O2/c16-12-13-8-11(17-12)9-2-4-10(5-3-9)15-7-1-6-14-15/h1-7,11H,8H2,(H,13,16). The Balaban J connectivity index is 1.83. The van der Waals surface area contributed by atoms with Gasteiger partial charge in [0.15, 0.2) is 0 Å². The number of carbonyl (C=O) groups is 1. The molecule has 5 heteroatoms. The molecule has 1 saturated heterocycles. The molecule has 1 amide bonds. The van der Waals surface area contributed by atoms with Crippen molar-refractivity contribution in [2.45, 2.75) is 6.10 Å². The summed E-state index contributed by atoms with van der Waals surface area (Å²) < 4.78 is 6.89. The third-order valence-corrected chi connectivity index (χ3v) is 2.71. The number of nitrogens with one attached hydrogen (secondary N) is 1. The number of benzene rings is 1. The molecule has 1 aliphatic heterocycles. The molecule has 1 unspecified atom stereocenters. The number of ether oxygens (including phenoxy) is 1. The third kappa shape index (κ3) is 1.87. The van der Waals surface area contributed by atoms with Crippen LogP contribution in [0.25, 0.3) is 5.69 Å². The minimum absolute atomic E-state index is 0.186. The van der Waals surface area contributed by atoms with Gasteiger partial charge in [-0.3, -0.25) is 0 Å². The van der Waals surface area contributed by atoms with E-state index in [1.54, 1.807) is 10.9 Å². The fraction of sp³-hybridized carbons (Fsp3) is 0.167. The van der Waals surface area contributed by atoms with Gasteiger partial charge in [0.2, 0.25) is 0 Å². The average molecular weight is 229 g/mol. The second-order valence-electron chi connectivity index (χ2n) is 3.82. The molecule has 1 aromatic heterocycles. The van der Waals surface area contributed by atoms with Crippen LogP contribution in [0.15, 0.2) is 42.7 Å². The van der Waals surface area contributed by atoms with Crippen LogP contribution in [0.1, 0.15) is 11.7 Å². The van der Waals surface area contributed by atoms with Gasteiger partial charge in [-0.15, -0.1) is 0 Å². The van der Waals surface area contributed by atoms with Crippen molar-refractivity contribution in [3.63, 3.8) is 0 Å². The van der Waals surface area contributed by atoms with Gasteiger partial charge in [0.25, 0.3) is 0 Å². The van der Waals surface area contributed by atoms with Gasteiger partial charge in [0, 0.05) is 12.4 Å². The van der Waals surface area contributed by atoms with Crippen molar-refractivity contribution in [3.8, 4) is 5.69 Å². The van der Waals surface area contributed by atoms with Gasteiger partial charge in [0.05, 0.1) is 12.2 Å². The molecule has 17 heavy (non-hydrogen) atoms. The van der Waals surface area contributed by atoms with Gasteiger partial charge in [-0.25, -0.2) is 9.48 Å². The third-order valence-electron chi connectivity index (χ3n) is 2.71. The molecular weight excluding hydrogens is 218 g/mol. The monoisotopic (exact) mass is 229 g/mol. The predicted molar refractivity (Wildman–Crippen MR) is 60.8 cm³/mol. The Morgan fingerprint density at radius 1 is 1.35 bits per heavy atom. The zero-order valence-corrected chi connectivity index (χ0v) is 9.04. The molecule has 0 saturated carbocycles. The molecule has 1 N–H and O–H groups in total. The van der Waals surface area contributed by atoms with Crippen molar-refractivity contribution in [2.75, 3.05) is 6.54 Å². The van der Waals surface area contributed by atoms with E-state index in [2.05, 4.69) is 10.4 Å². The van der Waals surface area contributed by atoms with Gasteiger partial charge in [0.1, 0.15) is 6.10 Å². The van der Waals surface area contributed by atoms with Gasteiger partial charge in [-0.1, -0.05) is 12.1 Å². The van der Waals surface area contributed by atoms with Crippen LogP contribution in [0.4, 0.5) is 4.79 Å². The lowest BCUT2D eigenvalue weighted by atomic mass is 10.1. The van der Waals surface area contributed by atoms with E-state index in [-0.39, 0.29) is 12.2 Å². The topological polar surface area (TPSA) is 56.2 Å². The summed E-state index contributed by atoms with van der Waals surface area (Å²) in [5, 5.41) is 6.78. The Bertz CT molecular complexity index is 519. The number of carbonyl (C=O) groups excluding carboxylic acids is 1. The Morgan fingerprint density at radius 3 is 2.76 bits per heavy atom. The number of cyclic esters (lactones) is 1. The highest BCUT2D eigenvalue weighted by atomic mass is 16.6. The molecule has 3 rings (SSSR count). The van der Waals surface area contributed by atoms with Crippen LogP contribution in [0.3, 0.4) is 0 Å². The molecule has 2 aromatic rings. The fourth-order valence-corrected chi connectivity index (χ4v) is 1.84. The second-order valence-corrected chi connectivity index (χ2v) is 3.82. The van der Waals surface area contributed by atoms with Gasteiger partial charge in [-0.2, -0.15) is 5.10 Å². The summed E-state index contributed by atoms with van der Waals surface area (Å²) in [5.74, 6) is 0. The van der Waals surface area contributed by atoms with E-state index in [0.717, 1.165) is 11.3 Å². The smallest absolute Gasteiger partial charge is 0.407 e. The zero-order valence-electron chi connectivity index (χ0n) is 9.04. The maximum absolute atomic E-state index is 10.9. The molecule has 5 nitrogen and oxygen atoms in total. The van der Waals surface area contributed by atoms with E-state index in [1.807, 2.05) is 36.5 Å². The molecule has 1 aliphatic rings. The SMILES string of the molecule is O=C1NCC(c2ccc(-n3cccn3)cc2)O1. The molecular formula is C12H11N3O2. The molecule has 1 fully saturated rings. The van der Waals surface area contributed by atoms with Crippen molar-refractivity contribution in [2.24, 2.45) is 0 Å². The number of hydrogen-bond acceptors (Lipinski definition) is 3. The van der Waals surface area contributed by atoms with Gasteiger partial charge < -0.3 is 10.1 Å². The summed E-state index contributed by atoms with van der Waals surface area (Å²) in [6.07, 6.45) is 3.07. The maximum Gasteiger partial charge on any atom is 0.407 e. The number of rotatable bonds is 2. The normalized spacial score (nSPS) is 18.8. The summed E-state index contributed by atoms with van der Waals surface area (Å²) >= 11 is 0. The molecule has 0 bridgehead atoms. The van der Waals surface area contributed by atoms with E-state index < -0.39 is 0 Å². The van der Waals surface area contributed by atoms with E-state index in [4.69, 9.17) is 4.74 Å². The minimum Gasteiger partial charge on any atom is -0.439 e. The molecule has 2 heterocycles. The summed E-state index contributed by atoms with van der Waals surface area (Å²) in [7, 11) is 0. The minimum atomic E-state index is -0.355. The van der Waals surface area contributed by atoms with E-state index in [0.29, 0.717) is 6.54 Å².